The van der Waals surface area contributed by atoms with Gasteiger partial charge in [-0.25, -0.2) is 17.6 Å². The number of carbonyl (C=O) groups excluding carboxylic acids is 2. The maximum absolute atomic E-state index is 13.9. The Bertz CT molecular complexity index is 1760. The second-order valence-electron chi connectivity index (χ2n) is 10.9. The van der Waals surface area contributed by atoms with Crippen molar-refractivity contribution < 1.29 is 31.9 Å². The number of rotatable bonds is 10. The van der Waals surface area contributed by atoms with Gasteiger partial charge in [-0.1, -0.05) is 26.0 Å². The Labute approximate surface area is 263 Å². The first-order valence-electron chi connectivity index (χ1n) is 14.9. The van der Waals surface area contributed by atoms with Crippen molar-refractivity contribution in [2.45, 2.75) is 32.7 Å². The van der Waals surface area contributed by atoms with Gasteiger partial charge >= 0.3 is 0 Å². The molecular weight excluding hydrogens is 600 g/mol. The summed E-state index contributed by atoms with van der Waals surface area (Å²) in [5.41, 5.74) is 1.32. The van der Waals surface area contributed by atoms with Gasteiger partial charge in [-0.15, -0.1) is 5.10 Å². The largest absolute Gasteiger partial charge is 0.475 e. The fourth-order valence-electron chi connectivity index (χ4n) is 5.34. The van der Waals surface area contributed by atoms with Crippen molar-refractivity contribution in [1.82, 2.24) is 20.4 Å². The van der Waals surface area contributed by atoms with E-state index < -0.39 is 41.0 Å². The van der Waals surface area contributed by atoms with Crippen LogP contribution in [0.3, 0.4) is 0 Å². The van der Waals surface area contributed by atoms with Gasteiger partial charge in [0.25, 0.3) is 5.91 Å². The molecule has 0 aliphatic heterocycles. The fraction of sp³-hybridized carbons (Fsp3) is 0.257. The minimum atomic E-state index is -1.07. The number of hydrogen-bond acceptors (Lipinski definition) is 6. The zero-order valence-electron chi connectivity index (χ0n) is 25.3. The molecule has 1 aliphatic carbocycles. The predicted octanol–water partition coefficient (Wildman–Crippen LogP) is 6.54. The van der Waals surface area contributed by atoms with Crippen LogP contribution >= 0.6 is 0 Å². The number of fused-ring (bicyclic) bond motifs is 1. The zero-order chi connectivity index (χ0) is 32.8. The summed E-state index contributed by atoms with van der Waals surface area (Å²) in [6.45, 7) is 7.12. The Morgan fingerprint density at radius 2 is 1.50 bits per heavy atom. The molecule has 1 aliphatic rings. The smallest absolute Gasteiger partial charge is 0.251 e. The van der Waals surface area contributed by atoms with Crippen LogP contribution in [0.25, 0.3) is 22.9 Å². The SMILES string of the molecule is CCN(CC)CCOc1nncc2cc(C(=O)NC3C/C(=C\c4ccc(F)c(F)c4)C(=O)/C(=C/c4ccc(F)c(F)c4)C3)ccc12. The van der Waals surface area contributed by atoms with Crippen LogP contribution in [0.4, 0.5) is 17.6 Å². The van der Waals surface area contributed by atoms with Gasteiger partial charge < -0.3 is 15.0 Å². The molecular formula is C35H32F4N4O3. The quantitative estimate of drug-likeness (QED) is 0.158. The van der Waals surface area contributed by atoms with Crippen molar-refractivity contribution in [1.29, 1.82) is 0 Å². The second kappa shape index (κ2) is 14.5. The van der Waals surface area contributed by atoms with E-state index in [4.69, 9.17) is 4.74 Å². The number of ketones is 1. The molecule has 3 aromatic carbocycles. The summed E-state index contributed by atoms with van der Waals surface area (Å²) in [7, 11) is 0. The van der Waals surface area contributed by atoms with Gasteiger partial charge in [-0.2, -0.15) is 5.10 Å². The average Bonchev–Trinajstić information content (AvgIpc) is 3.04. The van der Waals surface area contributed by atoms with Crippen LogP contribution in [0, 0.1) is 23.3 Å². The molecule has 1 aromatic heterocycles. The number of amides is 1. The molecule has 0 atom stereocenters. The third-order valence-corrected chi connectivity index (χ3v) is 7.85. The highest BCUT2D eigenvalue weighted by Gasteiger charge is 2.29. The third kappa shape index (κ3) is 7.66. The van der Waals surface area contributed by atoms with Crippen LogP contribution in [0.5, 0.6) is 5.88 Å². The number of halogens is 4. The lowest BCUT2D eigenvalue weighted by Gasteiger charge is -2.27. The Hall–Kier alpha value is -4.90. The maximum atomic E-state index is 13.9. The van der Waals surface area contributed by atoms with E-state index in [0.717, 1.165) is 43.9 Å². The lowest BCUT2D eigenvalue weighted by Crippen LogP contribution is -2.39. The van der Waals surface area contributed by atoms with Crippen molar-refractivity contribution in [3.63, 3.8) is 0 Å². The molecule has 46 heavy (non-hydrogen) atoms. The molecule has 0 radical (unpaired) electrons. The highest BCUT2D eigenvalue weighted by atomic mass is 19.2. The highest BCUT2D eigenvalue weighted by Crippen LogP contribution is 2.30. The monoisotopic (exact) mass is 632 g/mol. The number of aromatic nitrogens is 2. The first-order chi connectivity index (χ1) is 22.1. The van der Waals surface area contributed by atoms with E-state index >= 15 is 0 Å². The third-order valence-electron chi connectivity index (χ3n) is 7.85. The maximum Gasteiger partial charge on any atom is 0.251 e. The van der Waals surface area contributed by atoms with Gasteiger partial charge in [0.15, 0.2) is 29.1 Å². The van der Waals surface area contributed by atoms with Crippen LogP contribution in [-0.4, -0.2) is 59.1 Å². The first-order valence-corrected chi connectivity index (χ1v) is 14.9. The molecule has 0 bridgehead atoms. The Morgan fingerprint density at radius 3 is 2.07 bits per heavy atom. The number of benzene rings is 3. The summed E-state index contributed by atoms with van der Waals surface area (Å²) >= 11 is 0. The molecule has 1 saturated carbocycles. The number of hydrogen-bond donors (Lipinski definition) is 1. The lowest BCUT2D eigenvalue weighted by atomic mass is 9.83. The normalized spacial score (nSPS) is 16.8. The summed E-state index contributed by atoms with van der Waals surface area (Å²) in [6.07, 6.45) is 4.59. The molecule has 238 valence electrons. The second-order valence-corrected chi connectivity index (χ2v) is 10.9. The molecule has 4 aromatic rings. The van der Waals surface area contributed by atoms with Gasteiger partial charge in [-0.05, 0) is 91.7 Å². The molecule has 0 spiro atoms. The van der Waals surface area contributed by atoms with Crippen LogP contribution in [0.2, 0.25) is 0 Å². The average molecular weight is 633 g/mol. The molecule has 1 fully saturated rings. The molecule has 0 saturated heterocycles. The topological polar surface area (TPSA) is 84.4 Å². The minimum absolute atomic E-state index is 0.0995. The molecule has 1 heterocycles. The van der Waals surface area contributed by atoms with Gasteiger partial charge in [0.05, 0.1) is 6.20 Å². The van der Waals surface area contributed by atoms with Crippen molar-refractivity contribution in [2.24, 2.45) is 0 Å². The van der Waals surface area contributed by atoms with Gasteiger partial charge in [0, 0.05) is 40.1 Å². The van der Waals surface area contributed by atoms with Crippen molar-refractivity contribution in [3.05, 3.63) is 112 Å². The Morgan fingerprint density at radius 1 is 0.891 bits per heavy atom. The minimum Gasteiger partial charge on any atom is -0.475 e. The van der Waals surface area contributed by atoms with Crippen molar-refractivity contribution in [2.75, 3.05) is 26.2 Å². The van der Waals surface area contributed by atoms with E-state index in [1.165, 1.54) is 30.5 Å². The Balaban J connectivity index is 1.39. The fourth-order valence-corrected chi connectivity index (χ4v) is 5.34. The number of nitrogens with zero attached hydrogens (tertiary/aromatic N) is 3. The van der Waals surface area contributed by atoms with Gasteiger partial charge in [-0.3, -0.25) is 9.59 Å². The number of nitrogens with one attached hydrogen (secondary N) is 1. The van der Waals surface area contributed by atoms with E-state index in [-0.39, 0.29) is 35.1 Å². The molecule has 5 rings (SSSR count). The van der Waals surface area contributed by atoms with E-state index in [1.54, 1.807) is 18.2 Å². The summed E-state index contributed by atoms with van der Waals surface area (Å²) in [5.74, 6) is -4.65. The highest BCUT2D eigenvalue weighted by molar-refractivity contribution is 6.14. The zero-order valence-corrected chi connectivity index (χ0v) is 25.3. The van der Waals surface area contributed by atoms with Crippen molar-refractivity contribution >= 4 is 34.6 Å². The van der Waals surface area contributed by atoms with Gasteiger partial charge in [0.1, 0.15) is 6.61 Å². The predicted molar refractivity (Wildman–Crippen MR) is 167 cm³/mol. The molecule has 1 amide bonds. The van der Waals surface area contributed by atoms with Crippen molar-refractivity contribution in [3.8, 4) is 5.88 Å². The molecule has 0 unspecified atom stereocenters. The van der Waals surface area contributed by atoms with E-state index in [1.807, 2.05) is 0 Å². The standard InChI is InChI=1S/C35H32F4N4O3/c1-3-43(4-2)11-12-46-35-28-8-7-23(17-26(28)20-40-42-35)34(45)41-27-18-24(13-21-5-9-29(36)31(38)15-21)33(44)25(19-27)14-22-6-10-30(37)32(39)16-22/h5-10,13-17,20,27H,3-4,11-12,18-19H2,1-2H3,(H,41,45)/b24-13+,25-14+. The number of ether oxygens (including phenoxy) is 1. The molecule has 1 N–H and O–H groups in total. The molecule has 11 heteroatoms. The van der Waals surface area contributed by atoms with Crippen LogP contribution in [-0.2, 0) is 4.79 Å². The number of Topliss-reactive ketones (excluding diaryl/α,β-unsaturated/α-hetero) is 1. The van der Waals surface area contributed by atoms with Crippen LogP contribution in [0.15, 0.2) is 71.9 Å². The summed E-state index contributed by atoms with van der Waals surface area (Å²) in [5, 5.41) is 12.4. The van der Waals surface area contributed by atoms with E-state index in [9.17, 15) is 27.2 Å². The molecule has 7 nitrogen and oxygen atoms in total. The lowest BCUT2D eigenvalue weighted by molar-refractivity contribution is -0.113. The first kappa shape index (κ1) is 32.5. The summed E-state index contributed by atoms with van der Waals surface area (Å²) < 4.78 is 60.8. The Kier molecular flexibility index (Phi) is 10.2. The number of carbonyl (C=O) groups is 2. The van der Waals surface area contributed by atoms with Crippen LogP contribution < -0.4 is 10.1 Å². The summed E-state index contributed by atoms with van der Waals surface area (Å²) in [6, 6.07) is 11.0. The van der Waals surface area contributed by atoms with E-state index in [0.29, 0.717) is 28.8 Å². The number of likely N-dealkylation sites (N-methyl/N-ethyl adjacent to an activating group) is 1. The summed E-state index contributed by atoms with van der Waals surface area (Å²) in [4.78, 5) is 29.1. The van der Waals surface area contributed by atoms with Gasteiger partial charge in [0.2, 0.25) is 5.88 Å². The van der Waals surface area contributed by atoms with Crippen LogP contribution in [0.1, 0.15) is 48.2 Å². The van der Waals surface area contributed by atoms with E-state index in [2.05, 4.69) is 34.3 Å².